The number of ether oxygens (including phenoxy) is 2. The molecule has 0 fully saturated rings. The fraction of sp³-hybridized carbons (Fsp3) is 0.136. The van der Waals surface area contributed by atoms with Gasteiger partial charge in [-0.25, -0.2) is 14.8 Å². The van der Waals surface area contributed by atoms with E-state index in [-0.39, 0.29) is 12.8 Å². The molecule has 0 radical (unpaired) electrons. The molecule has 0 saturated heterocycles. The third kappa shape index (κ3) is 3.50. The van der Waals surface area contributed by atoms with Crippen molar-refractivity contribution in [2.75, 3.05) is 18.7 Å². The Balaban J connectivity index is 1.29. The molecule has 1 aliphatic rings. The molecule has 2 N–H and O–H groups in total. The SMILES string of the molecule is O=C(NCCn1c(-c2ccccc2)nc2cccnc21)Nc1ccc2c(c1)OCO2. The first kappa shape index (κ1) is 18.0. The highest BCUT2D eigenvalue weighted by molar-refractivity contribution is 5.89. The van der Waals surface area contributed by atoms with Crippen LogP contribution in [-0.4, -0.2) is 33.9 Å². The van der Waals surface area contributed by atoms with E-state index in [9.17, 15) is 4.79 Å². The molecule has 2 amide bonds. The van der Waals surface area contributed by atoms with Crippen molar-refractivity contribution in [1.29, 1.82) is 0 Å². The van der Waals surface area contributed by atoms with Gasteiger partial charge in [-0.15, -0.1) is 0 Å². The Kier molecular flexibility index (Phi) is 4.65. The van der Waals surface area contributed by atoms with Crippen LogP contribution in [0, 0.1) is 0 Å². The van der Waals surface area contributed by atoms with Gasteiger partial charge in [-0.1, -0.05) is 30.3 Å². The number of anilines is 1. The summed E-state index contributed by atoms with van der Waals surface area (Å²) in [5.74, 6) is 2.12. The van der Waals surface area contributed by atoms with Crippen LogP contribution in [-0.2, 0) is 6.54 Å². The number of nitrogens with zero attached hydrogens (tertiary/aromatic N) is 3. The lowest BCUT2D eigenvalue weighted by Gasteiger charge is -2.11. The Morgan fingerprint density at radius 1 is 1.03 bits per heavy atom. The molecule has 0 unspecified atom stereocenters. The molecule has 0 atom stereocenters. The van der Waals surface area contributed by atoms with E-state index in [0.717, 1.165) is 22.6 Å². The van der Waals surface area contributed by atoms with E-state index in [1.54, 1.807) is 24.4 Å². The second-order valence-electron chi connectivity index (χ2n) is 6.75. The number of rotatable bonds is 5. The molecule has 3 heterocycles. The van der Waals surface area contributed by atoms with Crippen LogP contribution >= 0.6 is 0 Å². The third-order valence-corrected chi connectivity index (χ3v) is 4.79. The summed E-state index contributed by atoms with van der Waals surface area (Å²) in [4.78, 5) is 21.5. The van der Waals surface area contributed by atoms with Crippen LogP contribution in [0.3, 0.4) is 0 Å². The van der Waals surface area contributed by atoms with Gasteiger partial charge in [-0.05, 0) is 24.3 Å². The molecule has 30 heavy (non-hydrogen) atoms. The second-order valence-corrected chi connectivity index (χ2v) is 6.75. The summed E-state index contributed by atoms with van der Waals surface area (Å²) >= 11 is 0. The van der Waals surface area contributed by atoms with Gasteiger partial charge < -0.3 is 24.7 Å². The lowest BCUT2D eigenvalue weighted by Crippen LogP contribution is -2.31. The molecule has 0 saturated carbocycles. The number of amides is 2. The standard InChI is InChI=1S/C22H19N5O3/c28-22(25-16-8-9-18-19(13-16)30-14-29-18)24-11-12-27-20(15-5-2-1-3-6-15)26-17-7-4-10-23-21(17)27/h1-10,13H,11-12,14H2,(H2,24,25,28). The van der Waals surface area contributed by atoms with Crippen molar-refractivity contribution in [1.82, 2.24) is 19.9 Å². The molecule has 0 aliphatic carbocycles. The van der Waals surface area contributed by atoms with Gasteiger partial charge in [-0.2, -0.15) is 0 Å². The van der Waals surface area contributed by atoms with Crippen molar-refractivity contribution in [2.45, 2.75) is 6.54 Å². The molecule has 2 aromatic carbocycles. The predicted molar refractivity (Wildman–Crippen MR) is 113 cm³/mol. The van der Waals surface area contributed by atoms with E-state index in [0.29, 0.717) is 30.3 Å². The van der Waals surface area contributed by atoms with Crippen molar-refractivity contribution in [2.24, 2.45) is 0 Å². The van der Waals surface area contributed by atoms with Gasteiger partial charge in [0, 0.05) is 36.6 Å². The number of aromatic nitrogens is 3. The average molecular weight is 401 g/mol. The second kappa shape index (κ2) is 7.75. The van der Waals surface area contributed by atoms with Gasteiger partial charge >= 0.3 is 6.03 Å². The quantitative estimate of drug-likeness (QED) is 0.533. The zero-order chi connectivity index (χ0) is 20.3. The molecule has 4 aromatic rings. The van der Waals surface area contributed by atoms with Gasteiger partial charge in [0.05, 0.1) is 0 Å². The zero-order valence-electron chi connectivity index (χ0n) is 16.0. The molecule has 8 heteroatoms. The monoisotopic (exact) mass is 401 g/mol. The minimum atomic E-state index is -0.299. The van der Waals surface area contributed by atoms with Crippen LogP contribution in [0.2, 0.25) is 0 Å². The minimum absolute atomic E-state index is 0.196. The summed E-state index contributed by atoms with van der Waals surface area (Å²) in [6.07, 6.45) is 1.75. The highest BCUT2D eigenvalue weighted by Gasteiger charge is 2.15. The summed E-state index contributed by atoms with van der Waals surface area (Å²) in [5.41, 5.74) is 3.24. The summed E-state index contributed by atoms with van der Waals surface area (Å²) in [7, 11) is 0. The number of carbonyl (C=O) groups is 1. The number of pyridine rings is 1. The zero-order valence-corrected chi connectivity index (χ0v) is 16.0. The third-order valence-electron chi connectivity index (χ3n) is 4.79. The van der Waals surface area contributed by atoms with Crippen molar-refractivity contribution in [3.8, 4) is 22.9 Å². The highest BCUT2D eigenvalue weighted by Crippen LogP contribution is 2.34. The number of imidazole rings is 1. The number of nitrogens with one attached hydrogen (secondary N) is 2. The van der Waals surface area contributed by atoms with Gasteiger partial charge in [0.1, 0.15) is 11.3 Å². The number of hydrogen-bond donors (Lipinski definition) is 2. The maximum atomic E-state index is 12.3. The summed E-state index contributed by atoms with van der Waals surface area (Å²) in [6.45, 7) is 1.15. The first-order chi connectivity index (χ1) is 14.8. The minimum Gasteiger partial charge on any atom is -0.454 e. The van der Waals surface area contributed by atoms with Crippen LogP contribution in [0.4, 0.5) is 10.5 Å². The molecule has 150 valence electrons. The Morgan fingerprint density at radius 2 is 1.90 bits per heavy atom. The highest BCUT2D eigenvalue weighted by atomic mass is 16.7. The van der Waals surface area contributed by atoms with Crippen LogP contribution < -0.4 is 20.1 Å². The van der Waals surface area contributed by atoms with Crippen LogP contribution in [0.15, 0.2) is 66.9 Å². The first-order valence-electron chi connectivity index (χ1n) is 9.59. The lowest BCUT2D eigenvalue weighted by atomic mass is 10.2. The van der Waals surface area contributed by atoms with E-state index in [1.165, 1.54) is 0 Å². The van der Waals surface area contributed by atoms with E-state index in [2.05, 4.69) is 15.6 Å². The van der Waals surface area contributed by atoms with Gasteiger partial charge in [0.2, 0.25) is 6.79 Å². The molecule has 2 aromatic heterocycles. The van der Waals surface area contributed by atoms with Gasteiger partial charge in [-0.3, -0.25) is 0 Å². The van der Waals surface area contributed by atoms with E-state index in [4.69, 9.17) is 14.5 Å². The van der Waals surface area contributed by atoms with Crippen molar-refractivity contribution in [3.63, 3.8) is 0 Å². The van der Waals surface area contributed by atoms with Crippen molar-refractivity contribution < 1.29 is 14.3 Å². The Morgan fingerprint density at radius 3 is 2.80 bits per heavy atom. The normalized spacial score (nSPS) is 12.1. The largest absolute Gasteiger partial charge is 0.454 e. The van der Waals surface area contributed by atoms with E-state index in [1.807, 2.05) is 47.0 Å². The number of hydrogen-bond acceptors (Lipinski definition) is 5. The Hall–Kier alpha value is -4.07. The number of carbonyl (C=O) groups excluding carboxylic acids is 1. The van der Waals surface area contributed by atoms with Crippen LogP contribution in [0.1, 0.15) is 0 Å². The average Bonchev–Trinajstić information content (AvgIpc) is 3.39. The molecule has 0 bridgehead atoms. The number of urea groups is 1. The summed E-state index contributed by atoms with van der Waals surface area (Å²) < 4.78 is 12.6. The molecule has 5 rings (SSSR count). The van der Waals surface area contributed by atoms with E-state index >= 15 is 0 Å². The number of fused-ring (bicyclic) bond motifs is 2. The van der Waals surface area contributed by atoms with Crippen molar-refractivity contribution >= 4 is 22.9 Å². The van der Waals surface area contributed by atoms with Crippen LogP contribution in [0.5, 0.6) is 11.5 Å². The summed E-state index contributed by atoms with van der Waals surface area (Å²) in [6, 6.07) is 18.7. The summed E-state index contributed by atoms with van der Waals surface area (Å²) in [5, 5.41) is 5.69. The van der Waals surface area contributed by atoms with Crippen molar-refractivity contribution in [3.05, 3.63) is 66.9 Å². The van der Waals surface area contributed by atoms with Gasteiger partial charge in [0.15, 0.2) is 17.1 Å². The lowest BCUT2D eigenvalue weighted by molar-refractivity contribution is 0.174. The molecular formula is C22H19N5O3. The Labute approximate surface area is 172 Å². The molecule has 8 nitrogen and oxygen atoms in total. The fourth-order valence-electron chi connectivity index (χ4n) is 3.41. The smallest absolute Gasteiger partial charge is 0.319 e. The van der Waals surface area contributed by atoms with E-state index < -0.39 is 0 Å². The van der Waals surface area contributed by atoms with Crippen LogP contribution in [0.25, 0.3) is 22.6 Å². The molecule has 1 aliphatic heterocycles. The first-order valence-corrected chi connectivity index (χ1v) is 9.59. The fourth-order valence-corrected chi connectivity index (χ4v) is 3.41. The topological polar surface area (TPSA) is 90.3 Å². The molecule has 0 spiro atoms. The maximum absolute atomic E-state index is 12.3. The predicted octanol–water partition coefficient (Wildman–Crippen LogP) is 3.65. The number of benzene rings is 2. The molecular weight excluding hydrogens is 382 g/mol. The van der Waals surface area contributed by atoms with Gasteiger partial charge in [0.25, 0.3) is 0 Å². The Bertz CT molecular complexity index is 1210. The maximum Gasteiger partial charge on any atom is 0.319 e.